The lowest BCUT2D eigenvalue weighted by molar-refractivity contribution is -0.139. The molecule has 1 N–H and O–H groups in total. The molecular weight excluding hydrogens is 194 g/mol. The monoisotopic (exact) mass is 215 g/mol. The molecule has 1 aliphatic rings. The van der Waals surface area contributed by atoms with E-state index < -0.39 is 5.97 Å². The van der Waals surface area contributed by atoms with Crippen molar-refractivity contribution < 1.29 is 14.6 Å². The lowest BCUT2D eigenvalue weighted by Crippen LogP contribution is -2.47. The molecule has 0 aliphatic carbocycles. The summed E-state index contributed by atoms with van der Waals surface area (Å²) in [5.74, 6) is -0.698. The fraction of sp³-hybridized carbons (Fsp3) is 0.909. The molecule has 0 radical (unpaired) electrons. The van der Waals surface area contributed by atoms with Crippen molar-refractivity contribution in [2.75, 3.05) is 20.3 Å². The van der Waals surface area contributed by atoms with Crippen molar-refractivity contribution in [3.63, 3.8) is 0 Å². The number of hydrogen-bond acceptors (Lipinski definition) is 3. The van der Waals surface area contributed by atoms with E-state index in [-0.39, 0.29) is 12.5 Å². The summed E-state index contributed by atoms with van der Waals surface area (Å²) in [7, 11) is 1.69. The van der Waals surface area contributed by atoms with Gasteiger partial charge in [0, 0.05) is 19.2 Å². The first-order valence-electron chi connectivity index (χ1n) is 5.61. The van der Waals surface area contributed by atoms with Gasteiger partial charge in [-0.3, -0.25) is 9.69 Å². The van der Waals surface area contributed by atoms with Crippen molar-refractivity contribution >= 4 is 5.97 Å². The quantitative estimate of drug-likeness (QED) is 0.752. The Kier molecular flexibility index (Phi) is 5.05. The van der Waals surface area contributed by atoms with E-state index in [0.717, 1.165) is 19.4 Å². The smallest absolute Gasteiger partial charge is 0.304 e. The molecule has 0 bridgehead atoms. The zero-order valence-corrected chi connectivity index (χ0v) is 9.61. The van der Waals surface area contributed by atoms with Gasteiger partial charge in [0.1, 0.15) is 0 Å². The topological polar surface area (TPSA) is 49.8 Å². The van der Waals surface area contributed by atoms with Crippen LogP contribution in [0.3, 0.4) is 0 Å². The number of rotatable bonds is 5. The van der Waals surface area contributed by atoms with Crippen LogP contribution in [0.5, 0.6) is 0 Å². The fourth-order valence-corrected chi connectivity index (χ4v) is 2.36. The van der Waals surface area contributed by atoms with Crippen molar-refractivity contribution in [1.82, 2.24) is 4.90 Å². The van der Waals surface area contributed by atoms with E-state index >= 15 is 0 Å². The van der Waals surface area contributed by atoms with Gasteiger partial charge in [-0.2, -0.15) is 0 Å². The summed E-state index contributed by atoms with van der Waals surface area (Å²) >= 11 is 0. The molecule has 15 heavy (non-hydrogen) atoms. The third-order valence-corrected chi connectivity index (χ3v) is 3.06. The van der Waals surface area contributed by atoms with Gasteiger partial charge in [0.2, 0.25) is 0 Å². The average Bonchev–Trinajstić information content (AvgIpc) is 2.18. The summed E-state index contributed by atoms with van der Waals surface area (Å²) in [5, 5.41) is 8.84. The Morgan fingerprint density at radius 1 is 1.60 bits per heavy atom. The zero-order chi connectivity index (χ0) is 11.3. The second kappa shape index (κ2) is 6.08. The lowest BCUT2D eigenvalue weighted by Gasteiger charge is -2.39. The van der Waals surface area contributed by atoms with Crippen molar-refractivity contribution in [3.05, 3.63) is 0 Å². The Hall–Kier alpha value is -0.610. The molecule has 0 saturated carbocycles. The highest BCUT2D eigenvalue weighted by atomic mass is 16.5. The maximum absolute atomic E-state index is 10.7. The molecule has 0 aromatic carbocycles. The van der Waals surface area contributed by atoms with Crippen LogP contribution < -0.4 is 0 Å². The van der Waals surface area contributed by atoms with E-state index in [1.807, 2.05) is 0 Å². The average molecular weight is 215 g/mol. The summed E-state index contributed by atoms with van der Waals surface area (Å²) in [6.45, 7) is 3.78. The van der Waals surface area contributed by atoms with Gasteiger partial charge >= 0.3 is 5.97 Å². The molecule has 1 aliphatic heterocycles. The fourth-order valence-electron chi connectivity index (χ4n) is 2.36. The minimum absolute atomic E-state index is 0.196. The number of carboxylic acid groups (broad SMARTS) is 1. The largest absolute Gasteiger partial charge is 0.481 e. The number of carbonyl (C=O) groups is 1. The van der Waals surface area contributed by atoms with Gasteiger partial charge in [0.25, 0.3) is 0 Å². The van der Waals surface area contributed by atoms with Crippen LogP contribution in [0.1, 0.15) is 32.6 Å². The van der Waals surface area contributed by atoms with Crippen LogP contribution >= 0.6 is 0 Å². The summed E-state index contributed by atoms with van der Waals surface area (Å²) in [4.78, 5) is 13.0. The van der Waals surface area contributed by atoms with Gasteiger partial charge in [0.05, 0.1) is 13.0 Å². The molecule has 0 amide bonds. The first-order chi connectivity index (χ1) is 7.15. The van der Waals surface area contributed by atoms with Gasteiger partial charge in [-0.05, 0) is 26.3 Å². The molecule has 2 atom stereocenters. The summed E-state index contributed by atoms with van der Waals surface area (Å²) in [5.41, 5.74) is 0. The molecule has 0 aromatic rings. The Bertz CT molecular complexity index is 208. The standard InChI is InChI=1S/C11H21NO3/c1-9(8-15-2)12-6-4-3-5-10(12)7-11(13)14/h9-10H,3-8H2,1-2H3,(H,13,14). The molecule has 0 aromatic heterocycles. The minimum atomic E-state index is -0.698. The predicted octanol–water partition coefficient (Wildman–Crippen LogP) is 1.35. The third-order valence-electron chi connectivity index (χ3n) is 3.06. The highest BCUT2D eigenvalue weighted by Crippen LogP contribution is 2.22. The van der Waals surface area contributed by atoms with Crippen molar-refractivity contribution in [2.45, 2.75) is 44.7 Å². The van der Waals surface area contributed by atoms with E-state index in [9.17, 15) is 4.79 Å². The predicted molar refractivity (Wildman–Crippen MR) is 57.9 cm³/mol. The van der Waals surface area contributed by atoms with Gasteiger partial charge < -0.3 is 9.84 Å². The maximum Gasteiger partial charge on any atom is 0.304 e. The molecule has 2 unspecified atom stereocenters. The van der Waals surface area contributed by atoms with Crippen LogP contribution in [-0.4, -0.2) is 48.3 Å². The van der Waals surface area contributed by atoms with Crippen molar-refractivity contribution in [3.8, 4) is 0 Å². The molecule has 0 spiro atoms. The van der Waals surface area contributed by atoms with Crippen LogP contribution in [0, 0.1) is 0 Å². The van der Waals surface area contributed by atoms with E-state index in [0.29, 0.717) is 12.6 Å². The highest BCUT2D eigenvalue weighted by Gasteiger charge is 2.27. The van der Waals surface area contributed by atoms with Crippen LogP contribution in [0.25, 0.3) is 0 Å². The first-order valence-corrected chi connectivity index (χ1v) is 5.61. The second-order valence-electron chi connectivity index (χ2n) is 4.29. The van der Waals surface area contributed by atoms with E-state index in [1.54, 1.807) is 7.11 Å². The Morgan fingerprint density at radius 2 is 2.33 bits per heavy atom. The number of likely N-dealkylation sites (tertiary alicyclic amines) is 1. The van der Waals surface area contributed by atoms with Crippen molar-refractivity contribution in [2.24, 2.45) is 0 Å². The Labute approximate surface area is 91.2 Å². The van der Waals surface area contributed by atoms with E-state index in [4.69, 9.17) is 9.84 Å². The number of hydrogen-bond donors (Lipinski definition) is 1. The second-order valence-corrected chi connectivity index (χ2v) is 4.29. The molecular formula is C11H21NO3. The molecule has 1 saturated heterocycles. The number of piperidine rings is 1. The zero-order valence-electron chi connectivity index (χ0n) is 9.61. The minimum Gasteiger partial charge on any atom is -0.481 e. The maximum atomic E-state index is 10.7. The number of methoxy groups -OCH3 is 1. The molecule has 4 heteroatoms. The van der Waals surface area contributed by atoms with Crippen LogP contribution in [0.15, 0.2) is 0 Å². The third kappa shape index (κ3) is 3.80. The molecule has 88 valence electrons. The van der Waals surface area contributed by atoms with Crippen LogP contribution in [-0.2, 0) is 9.53 Å². The molecule has 4 nitrogen and oxygen atoms in total. The van der Waals surface area contributed by atoms with Gasteiger partial charge in [0.15, 0.2) is 0 Å². The van der Waals surface area contributed by atoms with E-state index in [2.05, 4.69) is 11.8 Å². The first kappa shape index (κ1) is 12.5. The number of aliphatic carboxylic acids is 1. The normalized spacial score (nSPS) is 25.1. The number of ether oxygens (including phenoxy) is 1. The summed E-state index contributed by atoms with van der Waals surface area (Å²) < 4.78 is 5.12. The van der Waals surface area contributed by atoms with E-state index in [1.165, 1.54) is 6.42 Å². The molecule has 1 fully saturated rings. The van der Waals surface area contributed by atoms with Gasteiger partial charge in [-0.25, -0.2) is 0 Å². The Balaban J connectivity index is 2.52. The highest BCUT2D eigenvalue weighted by molar-refractivity contribution is 5.67. The summed E-state index contributed by atoms with van der Waals surface area (Å²) in [6, 6.07) is 0.515. The molecule has 1 heterocycles. The van der Waals surface area contributed by atoms with Gasteiger partial charge in [-0.1, -0.05) is 6.42 Å². The van der Waals surface area contributed by atoms with Crippen LogP contribution in [0.4, 0.5) is 0 Å². The lowest BCUT2D eigenvalue weighted by atomic mass is 9.97. The van der Waals surface area contributed by atoms with Crippen molar-refractivity contribution in [1.29, 1.82) is 0 Å². The number of nitrogens with zero attached hydrogens (tertiary/aromatic N) is 1. The number of carboxylic acids is 1. The summed E-state index contributed by atoms with van der Waals surface area (Å²) in [6.07, 6.45) is 3.58. The molecule has 1 rings (SSSR count). The van der Waals surface area contributed by atoms with Crippen LogP contribution in [0.2, 0.25) is 0 Å². The van der Waals surface area contributed by atoms with Gasteiger partial charge in [-0.15, -0.1) is 0 Å². The Morgan fingerprint density at radius 3 is 2.93 bits per heavy atom. The SMILES string of the molecule is COCC(C)N1CCCCC1CC(=O)O.